The maximum atomic E-state index is 6.30. The van der Waals surface area contributed by atoms with Crippen LogP contribution < -0.4 is 5.73 Å². The van der Waals surface area contributed by atoms with Gasteiger partial charge in [-0.05, 0) is 34.6 Å². The standard InChI is InChI=1S/C22H17N3.ClH/c23-22-18-10-4-3-9-17(18)20-19(15-7-5-11-24-13-15)12-14-6-1-2-8-16(14)21(20)25-22;/h1-11,13,19H,12H2,(H2,23,25);1H. The lowest BCUT2D eigenvalue weighted by Gasteiger charge is -2.29. The Morgan fingerprint density at radius 2 is 1.65 bits per heavy atom. The highest BCUT2D eigenvalue weighted by Crippen LogP contribution is 2.45. The van der Waals surface area contributed by atoms with E-state index in [4.69, 9.17) is 10.7 Å². The van der Waals surface area contributed by atoms with Gasteiger partial charge in [-0.1, -0.05) is 54.6 Å². The number of pyridine rings is 2. The van der Waals surface area contributed by atoms with Crippen LogP contribution in [-0.2, 0) is 6.42 Å². The van der Waals surface area contributed by atoms with Gasteiger partial charge in [-0.15, -0.1) is 12.4 Å². The van der Waals surface area contributed by atoms with Gasteiger partial charge >= 0.3 is 0 Å². The third-order valence-corrected chi connectivity index (χ3v) is 5.11. The second-order valence-electron chi connectivity index (χ2n) is 6.51. The van der Waals surface area contributed by atoms with Crippen molar-refractivity contribution in [2.75, 3.05) is 5.73 Å². The summed E-state index contributed by atoms with van der Waals surface area (Å²) in [5, 5.41) is 2.21. The normalized spacial score (nSPS) is 15.0. The zero-order chi connectivity index (χ0) is 16.8. The average molecular weight is 360 g/mol. The highest BCUT2D eigenvalue weighted by molar-refractivity contribution is 5.98. The molecule has 3 nitrogen and oxygen atoms in total. The molecule has 26 heavy (non-hydrogen) atoms. The predicted molar refractivity (Wildman–Crippen MR) is 109 cm³/mol. The number of nitrogens with two attached hydrogens (primary N) is 1. The lowest BCUT2D eigenvalue weighted by Crippen LogP contribution is -2.15. The Bertz CT molecular complexity index is 1090. The molecule has 4 heteroatoms. The predicted octanol–water partition coefficient (Wildman–Crippen LogP) is 4.99. The van der Waals surface area contributed by atoms with Gasteiger partial charge in [0.15, 0.2) is 0 Å². The second-order valence-corrected chi connectivity index (χ2v) is 6.51. The first-order valence-corrected chi connectivity index (χ1v) is 8.49. The molecule has 0 spiro atoms. The molecular weight excluding hydrogens is 342 g/mol. The van der Waals surface area contributed by atoms with Crippen molar-refractivity contribution < 1.29 is 0 Å². The molecule has 1 aliphatic carbocycles. The van der Waals surface area contributed by atoms with Gasteiger partial charge in [0.2, 0.25) is 0 Å². The van der Waals surface area contributed by atoms with E-state index in [2.05, 4.69) is 53.5 Å². The highest BCUT2D eigenvalue weighted by atomic mass is 35.5. The van der Waals surface area contributed by atoms with Gasteiger partial charge in [-0.25, -0.2) is 4.98 Å². The Labute approximate surface area is 158 Å². The number of fused-ring (bicyclic) bond motifs is 5. The molecular formula is C22H18ClN3. The third kappa shape index (κ3) is 2.44. The van der Waals surface area contributed by atoms with Crippen molar-refractivity contribution in [1.82, 2.24) is 9.97 Å². The maximum Gasteiger partial charge on any atom is 0.131 e. The third-order valence-electron chi connectivity index (χ3n) is 5.11. The van der Waals surface area contributed by atoms with Crippen LogP contribution in [0.25, 0.3) is 22.0 Å². The van der Waals surface area contributed by atoms with Crippen LogP contribution in [0.1, 0.15) is 22.6 Å². The number of hydrogen-bond acceptors (Lipinski definition) is 3. The van der Waals surface area contributed by atoms with Gasteiger partial charge in [-0.2, -0.15) is 0 Å². The number of rotatable bonds is 1. The Morgan fingerprint density at radius 3 is 2.46 bits per heavy atom. The summed E-state index contributed by atoms with van der Waals surface area (Å²) in [6, 6.07) is 21.0. The van der Waals surface area contributed by atoms with Gasteiger partial charge in [0, 0.05) is 29.3 Å². The first kappa shape index (κ1) is 16.6. The van der Waals surface area contributed by atoms with E-state index >= 15 is 0 Å². The van der Waals surface area contributed by atoms with Crippen LogP contribution in [0.4, 0.5) is 5.82 Å². The molecule has 0 amide bonds. The molecule has 128 valence electrons. The Hall–Kier alpha value is -2.91. The Balaban J connectivity index is 0.00000168. The van der Waals surface area contributed by atoms with Crippen molar-refractivity contribution in [3.8, 4) is 11.3 Å². The van der Waals surface area contributed by atoms with E-state index in [9.17, 15) is 0 Å². The number of halogens is 1. The summed E-state index contributed by atoms with van der Waals surface area (Å²) < 4.78 is 0. The zero-order valence-electron chi connectivity index (χ0n) is 14.1. The topological polar surface area (TPSA) is 51.8 Å². The van der Waals surface area contributed by atoms with Crippen molar-refractivity contribution in [2.24, 2.45) is 0 Å². The zero-order valence-corrected chi connectivity index (χ0v) is 14.9. The largest absolute Gasteiger partial charge is 0.383 e. The van der Waals surface area contributed by atoms with E-state index in [0.29, 0.717) is 5.82 Å². The molecule has 2 heterocycles. The molecule has 0 saturated heterocycles. The van der Waals surface area contributed by atoms with Gasteiger partial charge < -0.3 is 5.73 Å². The fraction of sp³-hybridized carbons (Fsp3) is 0.0909. The summed E-state index contributed by atoms with van der Waals surface area (Å²) in [4.78, 5) is 9.16. The van der Waals surface area contributed by atoms with Crippen molar-refractivity contribution in [3.63, 3.8) is 0 Å². The smallest absolute Gasteiger partial charge is 0.131 e. The molecule has 0 bridgehead atoms. The molecule has 0 aliphatic heterocycles. The summed E-state index contributed by atoms with van der Waals surface area (Å²) >= 11 is 0. The molecule has 0 saturated carbocycles. The summed E-state index contributed by atoms with van der Waals surface area (Å²) in [7, 11) is 0. The average Bonchev–Trinajstić information content (AvgIpc) is 2.68. The van der Waals surface area contributed by atoms with Gasteiger partial charge in [0.05, 0.1) is 5.69 Å². The summed E-state index contributed by atoms with van der Waals surface area (Å²) in [5.41, 5.74) is 12.3. The molecule has 0 fully saturated rings. The maximum absolute atomic E-state index is 6.30. The van der Waals surface area contributed by atoms with E-state index in [-0.39, 0.29) is 18.3 Å². The molecule has 0 radical (unpaired) electrons. The van der Waals surface area contributed by atoms with Crippen LogP contribution in [0.2, 0.25) is 0 Å². The minimum Gasteiger partial charge on any atom is -0.383 e. The first-order chi connectivity index (χ1) is 12.3. The van der Waals surface area contributed by atoms with Gasteiger partial charge in [0.1, 0.15) is 5.82 Å². The molecule has 5 rings (SSSR count). The minimum atomic E-state index is 0. The number of nitrogens with zero attached hydrogens (tertiary/aromatic N) is 2. The van der Waals surface area contributed by atoms with Crippen LogP contribution in [0.3, 0.4) is 0 Å². The monoisotopic (exact) mass is 359 g/mol. The van der Waals surface area contributed by atoms with E-state index in [0.717, 1.165) is 17.5 Å². The van der Waals surface area contributed by atoms with Crippen LogP contribution in [0.15, 0.2) is 73.1 Å². The second kappa shape index (κ2) is 6.43. The SMILES string of the molecule is Cl.Nc1nc2c(c3ccccc13)C(c1cccnc1)Cc1ccccc1-2. The van der Waals surface area contributed by atoms with Crippen molar-refractivity contribution in [1.29, 1.82) is 0 Å². The number of nitrogen functional groups attached to an aromatic ring is 1. The van der Waals surface area contributed by atoms with Crippen LogP contribution in [0.5, 0.6) is 0 Å². The van der Waals surface area contributed by atoms with E-state index < -0.39 is 0 Å². The minimum absolute atomic E-state index is 0. The lowest BCUT2D eigenvalue weighted by atomic mass is 9.76. The van der Waals surface area contributed by atoms with Crippen LogP contribution in [-0.4, -0.2) is 9.97 Å². The van der Waals surface area contributed by atoms with Crippen molar-refractivity contribution >= 4 is 29.0 Å². The van der Waals surface area contributed by atoms with Gasteiger partial charge in [-0.3, -0.25) is 4.98 Å². The van der Waals surface area contributed by atoms with Crippen LogP contribution in [0, 0.1) is 0 Å². The molecule has 1 aliphatic rings. The number of benzene rings is 2. The Kier molecular flexibility index (Phi) is 4.09. The van der Waals surface area contributed by atoms with Crippen molar-refractivity contribution in [3.05, 3.63) is 89.7 Å². The summed E-state index contributed by atoms with van der Waals surface area (Å²) in [6.07, 6.45) is 4.73. The van der Waals surface area contributed by atoms with Crippen LogP contribution >= 0.6 is 12.4 Å². The molecule has 1 atom stereocenters. The van der Waals surface area contributed by atoms with E-state index in [1.807, 2.05) is 24.5 Å². The molecule has 2 N–H and O–H groups in total. The van der Waals surface area contributed by atoms with Crippen molar-refractivity contribution in [2.45, 2.75) is 12.3 Å². The number of aromatic nitrogens is 2. The molecule has 4 aromatic rings. The first-order valence-electron chi connectivity index (χ1n) is 8.49. The number of hydrogen-bond donors (Lipinski definition) is 1. The molecule has 1 unspecified atom stereocenters. The summed E-state index contributed by atoms with van der Waals surface area (Å²) in [6.45, 7) is 0. The molecule has 2 aromatic carbocycles. The van der Waals surface area contributed by atoms with E-state index in [1.54, 1.807) is 0 Å². The van der Waals surface area contributed by atoms with Gasteiger partial charge in [0.25, 0.3) is 0 Å². The fourth-order valence-electron chi connectivity index (χ4n) is 3.99. The quantitative estimate of drug-likeness (QED) is 0.521. The number of anilines is 1. The Morgan fingerprint density at radius 1 is 0.885 bits per heavy atom. The lowest BCUT2D eigenvalue weighted by molar-refractivity contribution is 0.790. The molecule has 2 aromatic heterocycles. The summed E-state index contributed by atoms with van der Waals surface area (Å²) in [5.74, 6) is 0.826. The van der Waals surface area contributed by atoms with E-state index in [1.165, 1.54) is 27.6 Å². The fourth-order valence-corrected chi connectivity index (χ4v) is 3.99. The highest BCUT2D eigenvalue weighted by Gasteiger charge is 2.29.